The highest BCUT2D eigenvalue weighted by molar-refractivity contribution is 7.08. The number of nitrogens with zero attached hydrogens (tertiary/aromatic N) is 4. The van der Waals surface area contributed by atoms with Gasteiger partial charge in [-0.25, -0.2) is 0 Å². The molecule has 0 amide bonds. The van der Waals surface area contributed by atoms with Crippen LogP contribution in [0.3, 0.4) is 0 Å². The van der Waals surface area contributed by atoms with Crippen LogP contribution in [0.15, 0.2) is 10.8 Å². The molecule has 3 heterocycles. The molecule has 1 fully saturated rings. The van der Waals surface area contributed by atoms with Gasteiger partial charge in [0.2, 0.25) is 17.2 Å². The number of anilines is 2. The molecule has 7 heteroatoms. The Balaban J connectivity index is 1.74. The Morgan fingerprint density at radius 1 is 1.25 bits per heavy atom. The van der Waals surface area contributed by atoms with E-state index in [1.54, 1.807) is 11.3 Å². The zero-order chi connectivity index (χ0) is 13.9. The molecule has 0 saturated carbocycles. The molecule has 106 valence electrons. The maximum Gasteiger partial charge on any atom is 0.231 e. The summed E-state index contributed by atoms with van der Waals surface area (Å²) in [7, 11) is 0. The van der Waals surface area contributed by atoms with E-state index in [1.807, 2.05) is 0 Å². The molecule has 0 unspecified atom stereocenters. The number of nitrogens with one attached hydrogen (secondary N) is 1. The van der Waals surface area contributed by atoms with E-state index in [2.05, 4.69) is 42.9 Å². The third-order valence-corrected chi connectivity index (χ3v) is 4.46. The van der Waals surface area contributed by atoms with Gasteiger partial charge in [-0.15, -0.1) is 0 Å². The standard InChI is InChI=1S/C13H16ClN5S/c1-9-7-20-8-10(9)6-15-12-16-11(14)17-13(18-12)19-4-2-3-5-19/h7-8H,2-6H2,1H3,(H,15,16,17,18). The minimum atomic E-state index is 0.242. The Morgan fingerprint density at radius 2 is 2.05 bits per heavy atom. The highest BCUT2D eigenvalue weighted by Gasteiger charge is 2.16. The zero-order valence-electron chi connectivity index (χ0n) is 11.3. The molecule has 1 aliphatic rings. The third kappa shape index (κ3) is 3.02. The van der Waals surface area contributed by atoms with Gasteiger partial charge in [0.1, 0.15) is 0 Å². The average Bonchev–Trinajstić information content (AvgIpc) is 3.07. The highest BCUT2D eigenvalue weighted by Crippen LogP contribution is 2.19. The number of hydrogen-bond acceptors (Lipinski definition) is 6. The molecule has 3 rings (SSSR count). The molecule has 1 N–H and O–H groups in total. The van der Waals surface area contributed by atoms with E-state index in [9.17, 15) is 0 Å². The van der Waals surface area contributed by atoms with Crippen LogP contribution in [-0.4, -0.2) is 28.0 Å². The maximum absolute atomic E-state index is 5.99. The summed E-state index contributed by atoms with van der Waals surface area (Å²) in [5.74, 6) is 1.21. The fraction of sp³-hybridized carbons (Fsp3) is 0.462. The number of thiophene rings is 1. The van der Waals surface area contributed by atoms with Crippen molar-refractivity contribution in [2.24, 2.45) is 0 Å². The molecule has 20 heavy (non-hydrogen) atoms. The average molecular weight is 310 g/mol. The first kappa shape index (κ1) is 13.6. The first-order chi connectivity index (χ1) is 9.72. The van der Waals surface area contributed by atoms with Gasteiger partial charge in [0, 0.05) is 19.6 Å². The van der Waals surface area contributed by atoms with Crippen molar-refractivity contribution in [1.82, 2.24) is 15.0 Å². The lowest BCUT2D eigenvalue weighted by Gasteiger charge is -2.15. The summed E-state index contributed by atoms with van der Waals surface area (Å²) in [5, 5.41) is 7.73. The summed E-state index contributed by atoms with van der Waals surface area (Å²) in [4.78, 5) is 15.0. The smallest absolute Gasteiger partial charge is 0.231 e. The molecule has 5 nitrogen and oxygen atoms in total. The molecule has 0 radical (unpaired) electrons. The van der Waals surface area contributed by atoms with Crippen molar-refractivity contribution in [3.05, 3.63) is 27.2 Å². The molecule has 1 saturated heterocycles. The minimum absolute atomic E-state index is 0.242. The molecule has 0 aliphatic carbocycles. The molecule has 0 bridgehead atoms. The normalized spacial score (nSPS) is 14.8. The monoisotopic (exact) mass is 309 g/mol. The first-order valence-corrected chi connectivity index (χ1v) is 7.96. The summed E-state index contributed by atoms with van der Waals surface area (Å²) in [5.41, 5.74) is 2.54. The predicted octanol–water partition coefficient (Wildman–Crippen LogP) is 3.11. The van der Waals surface area contributed by atoms with E-state index >= 15 is 0 Å². The van der Waals surface area contributed by atoms with Crippen LogP contribution in [0.25, 0.3) is 0 Å². The predicted molar refractivity (Wildman–Crippen MR) is 82.7 cm³/mol. The van der Waals surface area contributed by atoms with Crippen molar-refractivity contribution in [1.29, 1.82) is 0 Å². The number of halogens is 1. The van der Waals surface area contributed by atoms with E-state index in [0.29, 0.717) is 18.4 Å². The van der Waals surface area contributed by atoms with E-state index in [1.165, 1.54) is 24.0 Å². The van der Waals surface area contributed by atoms with Crippen molar-refractivity contribution < 1.29 is 0 Å². The van der Waals surface area contributed by atoms with Gasteiger partial charge >= 0.3 is 0 Å². The van der Waals surface area contributed by atoms with Gasteiger partial charge in [0.25, 0.3) is 0 Å². The van der Waals surface area contributed by atoms with Gasteiger partial charge < -0.3 is 10.2 Å². The lowest BCUT2D eigenvalue weighted by atomic mass is 10.2. The maximum atomic E-state index is 5.99. The lowest BCUT2D eigenvalue weighted by Crippen LogP contribution is -2.21. The summed E-state index contributed by atoms with van der Waals surface area (Å²) < 4.78 is 0. The molecule has 0 spiro atoms. The van der Waals surface area contributed by atoms with Crippen molar-refractivity contribution in [3.63, 3.8) is 0 Å². The summed E-state index contributed by atoms with van der Waals surface area (Å²) in [6.07, 6.45) is 2.36. The van der Waals surface area contributed by atoms with E-state index in [0.717, 1.165) is 13.1 Å². The summed E-state index contributed by atoms with van der Waals surface area (Å²) in [6.45, 7) is 4.78. The van der Waals surface area contributed by atoms with Crippen molar-refractivity contribution >= 4 is 34.8 Å². The molecule has 1 aliphatic heterocycles. The number of rotatable bonds is 4. The van der Waals surface area contributed by atoms with E-state index in [4.69, 9.17) is 11.6 Å². The number of aryl methyl sites for hydroxylation is 1. The molecular weight excluding hydrogens is 294 g/mol. The SMILES string of the molecule is Cc1cscc1CNc1nc(Cl)nc(N2CCCC2)n1. The zero-order valence-corrected chi connectivity index (χ0v) is 12.8. The van der Waals surface area contributed by atoms with Gasteiger partial charge in [-0.05, 0) is 53.3 Å². The van der Waals surface area contributed by atoms with Gasteiger partial charge in [0.15, 0.2) is 0 Å². The second kappa shape index (κ2) is 5.93. The number of aromatic nitrogens is 3. The van der Waals surface area contributed by atoms with Crippen molar-refractivity contribution in [2.75, 3.05) is 23.3 Å². The Labute approximate surface area is 127 Å². The van der Waals surface area contributed by atoms with Gasteiger partial charge in [-0.2, -0.15) is 26.3 Å². The fourth-order valence-electron chi connectivity index (χ4n) is 2.22. The van der Waals surface area contributed by atoms with E-state index in [-0.39, 0.29) is 5.28 Å². The van der Waals surface area contributed by atoms with E-state index < -0.39 is 0 Å². The molecule has 2 aromatic rings. The molecule has 0 atom stereocenters. The third-order valence-electron chi connectivity index (χ3n) is 3.38. The van der Waals surface area contributed by atoms with Crippen LogP contribution in [0, 0.1) is 6.92 Å². The van der Waals surface area contributed by atoms with Crippen LogP contribution in [0.4, 0.5) is 11.9 Å². The van der Waals surface area contributed by atoms with Gasteiger partial charge in [-0.3, -0.25) is 0 Å². The van der Waals surface area contributed by atoms with Crippen molar-refractivity contribution in [2.45, 2.75) is 26.3 Å². The topological polar surface area (TPSA) is 53.9 Å². The molecule has 2 aromatic heterocycles. The molecule has 0 aromatic carbocycles. The van der Waals surface area contributed by atoms with Gasteiger partial charge in [-0.1, -0.05) is 0 Å². The van der Waals surface area contributed by atoms with Crippen LogP contribution in [0.2, 0.25) is 5.28 Å². The van der Waals surface area contributed by atoms with Crippen LogP contribution in [-0.2, 0) is 6.54 Å². The fourth-order valence-corrected chi connectivity index (χ4v) is 3.23. The van der Waals surface area contributed by atoms with Crippen LogP contribution >= 0.6 is 22.9 Å². The van der Waals surface area contributed by atoms with Crippen LogP contribution < -0.4 is 10.2 Å². The Kier molecular flexibility index (Phi) is 4.03. The molecular formula is C13H16ClN5S. The highest BCUT2D eigenvalue weighted by atomic mass is 35.5. The second-order valence-corrected chi connectivity index (χ2v) is 5.94. The van der Waals surface area contributed by atoms with Gasteiger partial charge in [0.05, 0.1) is 0 Å². The van der Waals surface area contributed by atoms with Crippen LogP contribution in [0.5, 0.6) is 0 Å². The summed E-state index contributed by atoms with van der Waals surface area (Å²) >= 11 is 7.69. The Morgan fingerprint density at radius 3 is 2.75 bits per heavy atom. The Bertz CT molecular complexity index is 594. The second-order valence-electron chi connectivity index (χ2n) is 4.86. The summed E-state index contributed by atoms with van der Waals surface area (Å²) in [6, 6.07) is 0. The lowest BCUT2D eigenvalue weighted by molar-refractivity contribution is 0.876. The minimum Gasteiger partial charge on any atom is -0.350 e. The largest absolute Gasteiger partial charge is 0.350 e. The number of hydrogen-bond donors (Lipinski definition) is 1. The van der Waals surface area contributed by atoms with Crippen molar-refractivity contribution in [3.8, 4) is 0 Å². The quantitative estimate of drug-likeness (QED) is 0.940. The Hall–Kier alpha value is -1.40. The first-order valence-electron chi connectivity index (χ1n) is 6.64. The van der Waals surface area contributed by atoms with Crippen LogP contribution in [0.1, 0.15) is 24.0 Å².